The Hall–Kier alpha value is -5.66. The van der Waals surface area contributed by atoms with Gasteiger partial charge in [-0.15, -0.1) is 0 Å². The Morgan fingerprint density at radius 2 is 1.62 bits per heavy atom. The van der Waals surface area contributed by atoms with E-state index in [1.165, 1.54) is 6.07 Å². The van der Waals surface area contributed by atoms with Crippen LogP contribution in [0.15, 0.2) is 42.7 Å². The largest absolute Gasteiger partial charge is 0.490 e. The summed E-state index contributed by atoms with van der Waals surface area (Å²) < 4.78 is 21.6. The van der Waals surface area contributed by atoms with E-state index in [4.69, 9.17) is 21.6 Å². The first kappa shape index (κ1) is 39.8. The number of anilines is 2. The minimum Gasteiger partial charge on any atom is -0.490 e. The van der Waals surface area contributed by atoms with Crippen molar-refractivity contribution in [3.05, 3.63) is 75.9 Å². The minimum absolute atomic E-state index is 0.00915. The number of hydrogen-bond acceptors (Lipinski definition) is 12. The van der Waals surface area contributed by atoms with Gasteiger partial charge in [0, 0.05) is 63.8 Å². The molecular formula is C43H45ClFN9O6. The van der Waals surface area contributed by atoms with Gasteiger partial charge in [0.1, 0.15) is 35.2 Å². The van der Waals surface area contributed by atoms with E-state index in [1.807, 2.05) is 11.0 Å². The molecule has 5 heterocycles. The number of amides is 5. The van der Waals surface area contributed by atoms with Crippen molar-refractivity contribution >= 4 is 52.6 Å². The molecule has 6 aliphatic rings. The van der Waals surface area contributed by atoms with Gasteiger partial charge in [0.25, 0.3) is 17.7 Å². The second-order valence-corrected chi connectivity index (χ2v) is 17.4. The maximum Gasteiger partial charge on any atom is 0.271 e. The molecule has 15 nitrogen and oxygen atoms in total. The summed E-state index contributed by atoms with van der Waals surface area (Å²) >= 11 is 6.15. The van der Waals surface area contributed by atoms with Gasteiger partial charge in [0.05, 0.1) is 45.9 Å². The van der Waals surface area contributed by atoms with Crippen LogP contribution in [0.3, 0.4) is 0 Å². The lowest BCUT2D eigenvalue weighted by Crippen LogP contribution is -2.59. The molecule has 1 aromatic heterocycles. The van der Waals surface area contributed by atoms with Crippen molar-refractivity contribution in [1.82, 2.24) is 30.4 Å². The van der Waals surface area contributed by atoms with Gasteiger partial charge < -0.3 is 19.9 Å². The molecule has 2 aliphatic carbocycles. The molecule has 2 N–H and O–H groups in total. The molecule has 0 bridgehead atoms. The Morgan fingerprint density at radius 3 is 2.27 bits per heavy atom. The van der Waals surface area contributed by atoms with E-state index in [1.54, 1.807) is 30.6 Å². The van der Waals surface area contributed by atoms with Gasteiger partial charge in [0.2, 0.25) is 11.8 Å². The Labute approximate surface area is 351 Å². The molecule has 312 valence electrons. The Kier molecular flexibility index (Phi) is 10.7. The maximum absolute atomic E-state index is 15.5. The number of nitrogens with zero attached hydrogens (tertiary/aromatic N) is 7. The van der Waals surface area contributed by atoms with Crippen LogP contribution < -0.4 is 25.2 Å². The van der Waals surface area contributed by atoms with Gasteiger partial charge in [-0.3, -0.25) is 39.1 Å². The quantitative estimate of drug-likeness (QED) is 0.309. The zero-order valence-electron chi connectivity index (χ0n) is 33.0. The third-order valence-corrected chi connectivity index (χ3v) is 13.7. The fourth-order valence-corrected chi connectivity index (χ4v) is 10.1. The molecule has 0 radical (unpaired) electrons. The SMILES string of the molecule is N#Cc1ccc(O[C@H]2CC[C@H](NC(=O)c3cnc(N4CCN(C5CC6(CCN(c7cc8c(cc7F)C(=O)N(C7CCC(=O)NC7=O)C8=O)CC6)C5)CC4)cn3)CC2)cc1Cl. The summed E-state index contributed by atoms with van der Waals surface area (Å²) in [5.41, 5.74) is 1.20. The number of carbonyl (C=O) groups is 5. The lowest BCUT2D eigenvalue weighted by molar-refractivity contribution is -0.136. The minimum atomic E-state index is -1.10. The number of ether oxygens (including phenoxy) is 1. The number of aromatic nitrogens is 2. The van der Waals surface area contributed by atoms with Gasteiger partial charge in [0.15, 0.2) is 0 Å². The molecular weight excluding hydrogens is 793 g/mol. The van der Waals surface area contributed by atoms with Crippen molar-refractivity contribution < 1.29 is 33.1 Å². The van der Waals surface area contributed by atoms with Crippen LogP contribution in [0, 0.1) is 22.6 Å². The smallest absolute Gasteiger partial charge is 0.271 e. The van der Waals surface area contributed by atoms with E-state index in [0.717, 1.165) is 94.3 Å². The third-order valence-electron chi connectivity index (χ3n) is 13.4. The molecule has 1 atom stereocenters. The summed E-state index contributed by atoms with van der Waals surface area (Å²) in [6, 6.07) is 9.08. The third kappa shape index (κ3) is 7.64. The van der Waals surface area contributed by atoms with Crippen LogP contribution in [0.4, 0.5) is 15.9 Å². The normalized spacial score (nSPS) is 24.5. The average molecular weight is 838 g/mol. The number of carbonyl (C=O) groups excluding carboxylic acids is 5. The van der Waals surface area contributed by atoms with Crippen molar-refractivity contribution in [3.8, 4) is 11.8 Å². The predicted molar refractivity (Wildman–Crippen MR) is 216 cm³/mol. The average Bonchev–Trinajstić information content (AvgIpc) is 3.47. The number of nitrogens with one attached hydrogen (secondary N) is 2. The fourth-order valence-electron chi connectivity index (χ4n) is 9.90. The van der Waals surface area contributed by atoms with Crippen molar-refractivity contribution in [1.29, 1.82) is 5.26 Å². The van der Waals surface area contributed by atoms with Crippen molar-refractivity contribution in [2.45, 2.75) is 88.4 Å². The van der Waals surface area contributed by atoms with Crippen molar-refractivity contribution in [2.75, 3.05) is 49.1 Å². The molecule has 5 fully saturated rings. The van der Waals surface area contributed by atoms with E-state index >= 15 is 4.39 Å². The second kappa shape index (κ2) is 16.1. The molecule has 5 amide bonds. The van der Waals surface area contributed by atoms with Crippen LogP contribution in [0.2, 0.25) is 5.02 Å². The number of imide groups is 2. The Morgan fingerprint density at radius 1 is 0.900 bits per heavy atom. The van der Waals surface area contributed by atoms with Crippen LogP contribution in [0.25, 0.3) is 0 Å². The van der Waals surface area contributed by atoms with E-state index < -0.39 is 35.5 Å². The number of benzene rings is 2. The van der Waals surface area contributed by atoms with Crippen molar-refractivity contribution in [2.24, 2.45) is 5.41 Å². The fraction of sp³-hybridized carbons (Fsp3) is 0.488. The number of piperazine rings is 1. The van der Waals surface area contributed by atoms with Crippen LogP contribution in [-0.2, 0) is 9.59 Å². The highest BCUT2D eigenvalue weighted by Gasteiger charge is 2.49. The molecule has 2 aromatic carbocycles. The predicted octanol–water partition coefficient (Wildman–Crippen LogP) is 4.23. The van der Waals surface area contributed by atoms with Crippen LogP contribution in [-0.4, -0.2) is 113 Å². The number of halogens is 2. The van der Waals surface area contributed by atoms with E-state index in [9.17, 15) is 24.0 Å². The molecule has 3 saturated heterocycles. The van der Waals surface area contributed by atoms with Gasteiger partial charge in [-0.25, -0.2) is 14.4 Å². The first-order valence-corrected chi connectivity index (χ1v) is 21.1. The van der Waals surface area contributed by atoms with E-state index in [-0.39, 0.29) is 58.8 Å². The molecule has 60 heavy (non-hydrogen) atoms. The van der Waals surface area contributed by atoms with Crippen LogP contribution >= 0.6 is 11.6 Å². The summed E-state index contributed by atoms with van der Waals surface area (Å²) in [6.07, 6.45) is 10.3. The molecule has 2 saturated carbocycles. The topological polar surface area (TPSA) is 181 Å². The van der Waals surface area contributed by atoms with E-state index in [2.05, 4.69) is 30.4 Å². The molecule has 1 spiro atoms. The number of rotatable bonds is 8. The van der Waals surface area contributed by atoms with Gasteiger partial charge >= 0.3 is 0 Å². The van der Waals surface area contributed by atoms with Crippen LogP contribution in [0.1, 0.15) is 101 Å². The first-order chi connectivity index (χ1) is 29.0. The molecule has 9 rings (SSSR count). The number of fused-ring (bicyclic) bond motifs is 1. The summed E-state index contributed by atoms with van der Waals surface area (Å²) in [5.74, 6) is -1.93. The molecule has 17 heteroatoms. The summed E-state index contributed by atoms with van der Waals surface area (Å²) in [4.78, 5) is 80.2. The summed E-state index contributed by atoms with van der Waals surface area (Å²) in [5, 5.41) is 14.7. The summed E-state index contributed by atoms with van der Waals surface area (Å²) in [7, 11) is 0. The highest BCUT2D eigenvalue weighted by Crippen LogP contribution is 2.52. The zero-order valence-corrected chi connectivity index (χ0v) is 33.8. The first-order valence-electron chi connectivity index (χ1n) is 20.8. The summed E-state index contributed by atoms with van der Waals surface area (Å²) in [6.45, 7) is 4.66. The lowest BCUT2D eigenvalue weighted by Gasteiger charge is -2.56. The maximum atomic E-state index is 15.5. The van der Waals surface area contributed by atoms with E-state index in [0.29, 0.717) is 35.5 Å². The highest BCUT2D eigenvalue weighted by molar-refractivity contribution is 6.31. The molecule has 1 unspecified atom stereocenters. The molecule has 3 aromatic rings. The molecule has 4 aliphatic heterocycles. The Bertz CT molecular complexity index is 2270. The monoisotopic (exact) mass is 837 g/mol. The lowest BCUT2D eigenvalue weighted by atomic mass is 9.60. The van der Waals surface area contributed by atoms with Crippen LogP contribution in [0.5, 0.6) is 5.75 Å². The van der Waals surface area contributed by atoms with Gasteiger partial charge in [-0.2, -0.15) is 5.26 Å². The second-order valence-electron chi connectivity index (χ2n) is 16.9. The van der Waals surface area contributed by atoms with Gasteiger partial charge in [-0.05, 0) is 87.5 Å². The zero-order chi connectivity index (χ0) is 41.7. The number of nitriles is 1. The van der Waals surface area contributed by atoms with Gasteiger partial charge in [-0.1, -0.05) is 11.6 Å². The standard InChI is InChI=1S/C43H45ClFN9O6/c44-32-17-29(4-1-25(32)22-46)60-28-5-2-26(3-6-28)49-39(56)34-23-48-37(24-47-34)53-15-13-51(14-16-53)27-20-43(21-27)9-11-52(12-10-43)36-19-31-30(18-33(36)45)41(58)54(42(31)59)35-7-8-38(55)50-40(35)57/h1,4,17-19,23-24,26-28,35H,2-3,5-16,20-21H2,(H,49,56)(H,50,55,57)/t26-,28-,35?. The number of hydrogen-bond donors (Lipinski definition) is 2. The Balaban J connectivity index is 0.709. The highest BCUT2D eigenvalue weighted by atomic mass is 35.5. The number of piperidine rings is 2. The van der Waals surface area contributed by atoms with Crippen molar-refractivity contribution in [3.63, 3.8) is 0 Å².